The van der Waals surface area contributed by atoms with Gasteiger partial charge in [0.15, 0.2) is 5.69 Å². The summed E-state index contributed by atoms with van der Waals surface area (Å²) in [7, 11) is 0. The Balaban J connectivity index is 2.14. The van der Waals surface area contributed by atoms with Crippen LogP contribution < -0.4 is 10.6 Å². The van der Waals surface area contributed by atoms with E-state index in [-0.39, 0.29) is 32.1 Å². The quantitative estimate of drug-likeness (QED) is 0.632. The number of hydrogen-bond donors (Lipinski definition) is 3. The number of aliphatic hydroxyl groups is 1. The lowest BCUT2D eigenvalue weighted by molar-refractivity contribution is -0.142. The molecule has 1 aromatic carbocycles. The number of benzene rings is 1. The number of nitrogens with zero attached hydrogens (tertiary/aromatic N) is 2. The number of ether oxygens (including phenoxy) is 1. The lowest BCUT2D eigenvalue weighted by Crippen LogP contribution is -2.32. The smallest absolute Gasteiger partial charge is 0.394 e. The van der Waals surface area contributed by atoms with Gasteiger partial charge in [-0.2, -0.15) is 18.3 Å². The zero-order valence-electron chi connectivity index (χ0n) is 13.4. The molecule has 0 saturated heterocycles. The van der Waals surface area contributed by atoms with Gasteiger partial charge in [0.05, 0.1) is 37.4 Å². The van der Waals surface area contributed by atoms with Gasteiger partial charge >= 0.3 is 12.2 Å². The van der Waals surface area contributed by atoms with Gasteiger partial charge in [-0.1, -0.05) is 11.6 Å². The van der Waals surface area contributed by atoms with Gasteiger partial charge < -0.3 is 20.5 Å². The predicted molar refractivity (Wildman–Crippen MR) is 88.5 cm³/mol. The number of amides is 2. The Morgan fingerprint density at radius 2 is 1.96 bits per heavy atom. The van der Waals surface area contributed by atoms with Gasteiger partial charge in [-0.05, 0) is 24.3 Å². The topological polar surface area (TPSA) is 88.4 Å². The average Bonchev–Trinajstić information content (AvgIpc) is 2.99. The first-order valence-corrected chi connectivity index (χ1v) is 7.85. The van der Waals surface area contributed by atoms with Crippen LogP contribution in [0.5, 0.6) is 0 Å². The van der Waals surface area contributed by atoms with E-state index < -0.39 is 23.6 Å². The molecular weight excluding hydrogens is 377 g/mol. The summed E-state index contributed by atoms with van der Waals surface area (Å²) in [5.74, 6) is 0. The molecule has 0 aliphatic carbocycles. The first-order valence-electron chi connectivity index (χ1n) is 7.47. The molecule has 11 heteroatoms. The lowest BCUT2D eigenvalue weighted by Gasteiger charge is -2.13. The second-order valence-electron chi connectivity index (χ2n) is 5.01. The van der Waals surface area contributed by atoms with Crippen molar-refractivity contribution in [3.63, 3.8) is 0 Å². The highest BCUT2D eigenvalue weighted by Gasteiger charge is 2.39. The number of aliphatic hydroxyl groups excluding tert-OH is 1. The first kappa shape index (κ1) is 20.0. The molecule has 0 fully saturated rings. The fourth-order valence-corrected chi connectivity index (χ4v) is 2.19. The SMILES string of the molecule is O=C(NCCOCCO)Nc1cnn(-c2ccc(Cl)cc2)c1C(F)(F)F. The van der Waals surface area contributed by atoms with Crippen LogP contribution in [0.4, 0.5) is 23.7 Å². The average molecular weight is 393 g/mol. The Morgan fingerprint density at radius 1 is 1.27 bits per heavy atom. The molecule has 1 aromatic heterocycles. The number of anilines is 1. The highest BCUT2D eigenvalue weighted by Crippen LogP contribution is 2.36. The van der Waals surface area contributed by atoms with Crippen LogP contribution in [0.1, 0.15) is 5.69 Å². The molecule has 0 radical (unpaired) electrons. The molecule has 1 heterocycles. The summed E-state index contributed by atoms with van der Waals surface area (Å²) in [6.45, 7) is 0.128. The molecule has 142 valence electrons. The molecule has 0 bridgehead atoms. The van der Waals surface area contributed by atoms with Gasteiger partial charge in [0.25, 0.3) is 0 Å². The Hall–Kier alpha value is -2.30. The van der Waals surface area contributed by atoms with Crippen LogP contribution in [0, 0.1) is 0 Å². The van der Waals surface area contributed by atoms with E-state index in [1.807, 2.05) is 0 Å². The fourth-order valence-electron chi connectivity index (χ4n) is 2.06. The number of hydrogen-bond acceptors (Lipinski definition) is 4. The highest BCUT2D eigenvalue weighted by molar-refractivity contribution is 6.30. The fraction of sp³-hybridized carbons (Fsp3) is 0.333. The number of nitrogens with one attached hydrogen (secondary N) is 2. The second-order valence-corrected chi connectivity index (χ2v) is 5.45. The number of halogens is 4. The molecule has 0 spiro atoms. The van der Waals surface area contributed by atoms with E-state index in [0.717, 1.165) is 6.20 Å². The molecular formula is C15H16ClF3N4O3. The maximum Gasteiger partial charge on any atom is 0.435 e. The number of alkyl halides is 3. The monoisotopic (exact) mass is 392 g/mol. The van der Waals surface area contributed by atoms with Crippen molar-refractivity contribution in [3.05, 3.63) is 41.2 Å². The number of carbonyl (C=O) groups is 1. The molecule has 2 aromatic rings. The van der Waals surface area contributed by atoms with E-state index in [1.165, 1.54) is 24.3 Å². The third kappa shape index (κ3) is 5.35. The van der Waals surface area contributed by atoms with Crippen LogP contribution in [0.25, 0.3) is 5.69 Å². The van der Waals surface area contributed by atoms with Gasteiger partial charge in [-0.15, -0.1) is 0 Å². The Labute approximate surface area is 151 Å². The molecule has 0 saturated carbocycles. The summed E-state index contributed by atoms with van der Waals surface area (Å²) in [5, 5.41) is 17.1. The summed E-state index contributed by atoms with van der Waals surface area (Å²) in [5.41, 5.74) is -1.46. The number of urea groups is 1. The van der Waals surface area contributed by atoms with Gasteiger partial charge in [-0.25, -0.2) is 9.48 Å². The maximum atomic E-state index is 13.4. The van der Waals surface area contributed by atoms with Crippen LogP contribution in [-0.4, -0.2) is 47.3 Å². The normalized spacial score (nSPS) is 11.4. The highest BCUT2D eigenvalue weighted by atomic mass is 35.5. The molecule has 3 N–H and O–H groups in total. The van der Waals surface area contributed by atoms with E-state index >= 15 is 0 Å². The third-order valence-electron chi connectivity index (χ3n) is 3.12. The van der Waals surface area contributed by atoms with E-state index in [9.17, 15) is 18.0 Å². The van der Waals surface area contributed by atoms with Crippen molar-refractivity contribution >= 4 is 23.3 Å². The Morgan fingerprint density at radius 3 is 2.58 bits per heavy atom. The molecule has 7 nitrogen and oxygen atoms in total. The molecule has 0 atom stereocenters. The van der Waals surface area contributed by atoms with Crippen LogP contribution in [0.15, 0.2) is 30.5 Å². The van der Waals surface area contributed by atoms with Gasteiger partial charge in [0.1, 0.15) is 0 Å². The van der Waals surface area contributed by atoms with Crippen molar-refractivity contribution in [1.82, 2.24) is 15.1 Å². The van der Waals surface area contributed by atoms with E-state index in [0.29, 0.717) is 9.70 Å². The number of aromatic nitrogens is 2. The molecule has 0 unspecified atom stereocenters. The van der Waals surface area contributed by atoms with Gasteiger partial charge in [0, 0.05) is 11.6 Å². The van der Waals surface area contributed by atoms with Crippen LogP contribution >= 0.6 is 11.6 Å². The van der Waals surface area contributed by atoms with E-state index in [1.54, 1.807) is 0 Å². The largest absolute Gasteiger partial charge is 0.435 e. The minimum absolute atomic E-state index is 0.0680. The second kappa shape index (κ2) is 8.88. The van der Waals surface area contributed by atoms with Crippen LogP contribution in [0.3, 0.4) is 0 Å². The minimum Gasteiger partial charge on any atom is -0.394 e. The number of carbonyl (C=O) groups excluding carboxylic acids is 1. The Kier molecular flexibility index (Phi) is 6.83. The van der Waals surface area contributed by atoms with Gasteiger partial charge in [-0.3, -0.25) is 0 Å². The zero-order chi connectivity index (χ0) is 19.2. The first-order chi connectivity index (χ1) is 12.3. The lowest BCUT2D eigenvalue weighted by atomic mass is 10.3. The standard InChI is InChI=1S/C15H16ClF3N4O3/c16-10-1-3-11(4-2-10)23-13(15(17,18)19)12(9-21-23)22-14(25)20-5-7-26-8-6-24/h1-4,9,24H,5-8H2,(H2,20,22,25). The van der Waals surface area contributed by atoms with Crippen molar-refractivity contribution in [2.45, 2.75) is 6.18 Å². The summed E-state index contributed by atoms with van der Waals surface area (Å²) >= 11 is 5.74. The summed E-state index contributed by atoms with van der Waals surface area (Å²) < 4.78 is 46.0. The zero-order valence-corrected chi connectivity index (χ0v) is 14.1. The molecule has 2 amide bonds. The summed E-state index contributed by atoms with van der Waals surface area (Å²) in [4.78, 5) is 11.8. The van der Waals surface area contributed by atoms with Crippen molar-refractivity contribution in [1.29, 1.82) is 0 Å². The minimum atomic E-state index is -4.75. The van der Waals surface area contributed by atoms with Crippen molar-refractivity contribution < 1.29 is 27.8 Å². The Bertz CT molecular complexity index is 735. The third-order valence-corrected chi connectivity index (χ3v) is 3.38. The summed E-state index contributed by atoms with van der Waals surface area (Å²) in [6.07, 6.45) is -3.83. The summed E-state index contributed by atoms with van der Waals surface area (Å²) in [6, 6.07) is 4.80. The maximum absolute atomic E-state index is 13.4. The van der Waals surface area contributed by atoms with Crippen LogP contribution in [0.2, 0.25) is 5.02 Å². The van der Waals surface area contributed by atoms with Gasteiger partial charge in [0.2, 0.25) is 0 Å². The van der Waals surface area contributed by atoms with E-state index in [4.69, 9.17) is 21.4 Å². The molecule has 26 heavy (non-hydrogen) atoms. The number of rotatable bonds is 7. The molecule has 2 rings (SSSR count). The van der Waals surface area contributed by atoms with E-state index in [2.05, 4.69) is 15.7 Å². The molecule has 0 aliphatic heterocycles. The van der Waals surface area contributed by atoms with Crippen molar-refractivity contribution in [2.24, 2.45) is 0 Å². The van der Waals surface area contributed by atoms with Crippen molar-refractivity contribution in [2.75, 3.05) is 31.7 Å². The van der Waals surface area contributed by atoms with Crippen LogP contribution in [-0.2, 0) is 10.9 Å². The predicted octanol–water partition coefficient (Wildman–Crippen LogP) is 2.67. The molecule has 0 aliphatic rings. The van der Waals surface area contributed by atoms with Crippen molar-refractivity contribution in [3.8, 4) is 5.69 Å².